The molecule has 0 saturated carbocycles. The molecular weight excluding hydrogens is 468 g/mol. The fraction of sp³-hybridized carbons (Fsp3) is 0.259. The molecule has 2 N–H and O–H groups in total. The van der Waals surface area contributed by atoms with Crippen LogP contribution in [0.4, 0.5) is 25.0 Å². The first-order chi connectivity index (χ1) is 17.4. The molecule has 3 aromatic rings. The average molecular weight is 496 g/mol. The molecule has 9 heteroatoms. The molecule has 1 heterocycles. The molecule has 0 radical (unpaired) electrons. The fourth-order valence-electron chi connectivity index (χ4n) is 4.34. The van der Waals surface area contributed by atoms with Crippen molar-refractivity contribution in [1.29, 1.82) is 0 Å². The van der Waals surface area contributed by atoms with Gasteiger partial charge in [0.2, 0.25) is 5.91 Å². The maximum atomic E-state index is 14.1. The normalized spacial score (nSPS) is 17.3. The number of hydrogen-bond donors (Lipinski definition) is 2. The summed E-state index contributed by atoms with van der Waals surface area (Å²) in [6, 6.07) is 17.0. The summed E-state index contributed by atoms with van der Waals surface area (Å²) >= 11 is 0. The lowest BCUT2D eigenvalue weighted by Gasteiger charge is -2.37. The minimum absolute atomic E-state index is 0.114. The van der Waals surface area contributed by atoms with Crippen LogP contribution < -0.4 is 20.1 Å². The minimum atomic E-state index is -0.874. The van der Waals surface area contributed by atoms with Crippen molar-refractivity contribution in [2.45, 2.75) is 12.3 Å². The maximum Gasteiger partial charge on any atom is 0.321 e. The Hall–Kier alpha value is -4.14. The van der Waals surface area contributed by atoms with Crippen LogP contribution in [0, 0.1) is 17.6 Å². The predicted molar refractivity (Wildman–Crippen MR) is 132 cm³/mol. The summed E-state index contributed by atoms with van der Waals surface area (Å²) in [5.74, 6) is -1.51. The van der Waals surface area contributed by atoms with Crippen LogP contribution in [0.5, 0.6) is 11.5 Å². The number of carbonyl (C=O) groups excluding carboxylic acids is 2. The van der Waals surface area contributed by atoms with E-state index in [2.05, 4.69) is 10.6 Å². The molecule has 2 atom stereocenters. The third-order valence-corrected chi connectivity index (χ3v) is 6.22. The van der Waals surface area contributed by atoms with Crippen molar-refractivity contribution in [3.63, 3.8) is 0 Å². The first-order valence-corrected chi connectivity index (χ1v) is 11.5. The van der Waals surface area contributed by atoms with Crippen molar-refractivity contribution >= 4 is 23.3 Å². The lowest BCUT2D eigenvalue weighted by Crippen LogP contribution is -2.48. The molecule has 0 aromatic heterocycles. The number of piperidine rings is 1. The number of halogens is 2. The molecule has 3 amide bonds. The second-order valence-corrected chi connectivity index (χ2v) is 8.56. The molecule has 3 aromatic carbocycles. The van der Waals surface area contributed by atoms with Gasteiger partial charge in [-0.15, -0.1) is 0 Å². The Bertz CT molecular complexity index is 1240. The van der Waals surface area contributed by atoms with Gasteiger partial charge in [-0.25, -0.2) is 13.6 Å². The maximum absolute atomic E-state index is 14.1. The number of methoxy groups -OCH3 is 2. The van der Waals surface area contributed by atoms with E-state index in [0.29, 0.717) is 36.2 Å². The Kier molecular flexibility index (Phi) is 7.68. The Balaban J connectivity index is 1.55. The van der Waals surface area contributed by atoms with Gasteiger partial charge in [0, 0.05) is 31.1 Å². The number of hydrogen-bond acceptors (Lipinski definition) is 4. The van der Waals surface area contributed by atoms with Gasteiger partial charge in [0.1, 0.15) is 23.1 Å². The zero-order valence-corrected chi connectivity index (χ0v) is 20.0. The Morgan fingerprint density at radius 2 is 1.64 bits per heavy atom. The molecule has 36 heavy (non-hydrogen) atoms. The molecule has 0 spiro atoms. The fourth-order valence-corrected chi connectivity index (χ4v) is 4.34. The largest absolute Gasteiger partial charge is 0.497 e. The number of amides is 3. The van der Waals surface area contributed by atoms with E-state index in [1.807, 2.05) is 30.3 Å². The van der Waals surface area contributed by atoms with Gasteiger partial charge in [-0.2, -0.15) is 0 Å². The van der Waals surface area contributed by atoms with E-state index in [9.17, 15) is 18.4 Å². The first kappa shape index (κ1) is 25.0. The molecule has 1 aliphatic heterocycles. The molecule has 4 rings (SSSR count). The van der Waals surface area contributed by atoms with Gasteiger partial charge >= 0.3 is 6.03 Å². The van der Waals surface area contributed by atoms with Crippen LogP contribution >= 0.6 is 0 Å². The summed E-state index contributed by atoms with van der Waals surface area (Å²) in [7, 11) is 3.04. The van der Waals surface area contributed by atoms with Crippen LogP contribution in [0.1, 0.15) is 17.9 Å². The summed E-state index contributed by atoms with van der Waals surface area (Å²) in [6.07, 6.45) is 0.517. The van der Waals surface area contributed by atoms with Gasteiger partial charge < -0.3 is 25.0 Å². The van der Waals surface area contributed by atoms with Crippen LogP contribution in [0.3, 0.4) is 0 Å². The number of carbonyl (C=O) groups is 2. The topological polar surface area (TPSA) is 79.9 Å². The van der Waals surface area contributed by atoms with Gasteiger partial charge in [0.05, 0.1) is 31.5 Å². The Morgan fingerprint density at radius 3 is 2.33 bits per heavy atom. The third-order valence-electron chi connectivity index (χ3n) is 6.22. The number of anilines is 2. The third kappa shape index (κ3) is 5.73. The molecule has 1 saturated heterocycles. The van der Waals surface area contributed by atoms with Gasteiger partial charge in [0.25, 0.3) is 0 Å². The van der Waals surface area contributed by atoms with Crippen LogP contribution in [-0.4, -0.2) is 44.1 Å². The van der Waals surface area contributed by atoms with Gasteiger partial charge in [-0.05, 0) is 36.2 Å². The molecule has 1 aliphatic rings. The zero-order chi connectivity index (χ0) is 25.7. The van der Waals surface area contributed by atoms with Crippen molar-refractivity contribution in [2.75, 3.05) is 37.9 Å². The summed E-state index contributed by atoms with van der Waals surface area (Å²) in [5.41, 5.74) is 1.34. The Labute approximate surface area is 208 Å². The number of nitrogens with zero attached hydrogens (tertiary/aromatic N) is 1. The minimum Gasteiger partial charge on any atom is -0.497 e. The van der Waals surface area contributed by atoms with E-state index in [4.69, 9.17) is 9.47 Å². The van der Waals surface area contributed by atoms with Crippen LogP contribution in [0.15, 0.2) is 66.7 Å². The quantitative estimate of drug-likeness (QED) is 0.489. The first-order valence-electron chi connectivity index (χ1n) is 11.5. The lowest BCUT2D eigenvalue weighted by atomic mass is 9.84. The summed E-state index contributed by atoms with van der Waals surface area (Å²) in [6.45, 7) is 0.469. The van der Waals surface area contributed by atoms with Crippen molar-refractivity contribution in [1.82, 2.24) is 4.90 Å². The summed E-state index contributed by atoms with van der Waals surface area (Å²) in [4.78, 5) is 27.9. The van der Waals surface area contributed by atoms with Gasteiger partial charge in [0.15, 0.2) is 0 Å². The molecule has 7 nitrogen and oxygen atoms in total. The van der Waals surface area contributed by atoms with E-state index >= 15 is 0 Å². The molecule has 2 unspecified atom stereocenters. The van der Waals surface area contributed by atoms with Crippen molar-refractivity contribution < 1.29 is 27.8 Å². The zero-order valence-electron chi connectivity index (χ0n) is 20.0. The summed E-state index contributed by atoms with van der Waals surface area (Å²) in [5, 5.41) is 5.40. The van der Waals surface area contributed by atoms with Gasteiger partial charge in [-0.3, -0.25) is 4.79 Å². The van der Waals surface area contributed by atoms with Crippen molar-refractivity contribution in [2.24, 2.45) is 5.92 Å². The van der Waals surface area contributed by atoms with E-state index in [1.165, 1.54) is 25.2 Å². The van der Waals surface area contributed by atoms with Crippen molar-refractivity contribution in [3.05, 3.63) is 83.9 Å². The van der Waals surface area contributed by atoms with E-state index < -0.39 is 23.6 Å². The number of rotatable bonds is 6. The summed E-state index contributed by atoms with van der Waals surface area (Å²) < 4.78 is 38.0. The van der Waals surface area contributed by atoms with Crippen LogP contribution in [0.25, 0.3) is 0 Å². The highest BCUT2D eigenvalue weighted by atomic mass is 19.1. The Morgan fingerprint density at radius 1 is 0.889 bits per heavy atom. The second-order valence-electron chi connectivity index (χ2n) is 8.56. The second kappa shape index (κ2) is 11.1. The standard InChI is InChI=1S/C27H27F2N3O4/c1-35-21-9-11-24(25(14-21)36-2)30-26(33)19-12-18(17-6-4-3-5-7-17)15-32(16-19)27(34)31-23-10-8-20(28)13-22(23)29/h3-11,13-14,18-19H,12,15-16H2,1-2H3,(H,30,33)(H,31,34). The van der Waals surface area contributed by atoms with Crippen LogP contribution in [0.2, 0.25) is 0 Å². The lowest BCUT2D eigenvalue weighted by molar-refractivity contribution is -0.121. The van der Waals surface area contributed by atoms with E-state index in [-0.39, 0.29) is 24.1 Å². The monoisotopic (exact) mass is 495 g/mol. The van der Waals surface area contributed by atoms with E-state index in [1.54, 1.807) is 18.2 Å². The predicted octanol–water partition coefficient (Wildman–Crippen LogP) is 5.26. The molecular formula is C27H27F2N3O4. The number of likely N-dealkylation sites (tertiary alicyclic amines) is 1. The van der Waals surface area contributed by atoms with E-state index in [0.717, 1.165) is 11.6 Å². The molecule has 0 bridgehead atoms. The molecule has 188 valence electrons. The highest BCUT2D eigenvalue weighted by Crippen LogP contribution is 2.34. The number of urea groups is 1. The number of nitrogens with one attached hydrogen (secondary N) is 2. The molecule has 1 fully saturated rings. The molecule has 0 aliphatic carbocycles. The highest BCUT2D eigenvalue weighted by molar-refractivity contribution is 5.95. The SMILES string of the molecule is COc1ccc(NC(=O)C2CC(c3ccccc3)CN(C(=O)Nc3ccc(F)cc3F)C2)c(OC)c1. The average Bonchev–Trinajstić information content (AvgIpc) is 2.90. The number of benzene rings is 3. The van der Waals surface area contributed by atoms with Crippen LogP contribution in [-0.2, 0) is 4.79 Å². The highest BCUT2D eigenvalue weighted by Gasteiger charge is 2.35. The smallest absolute Gasteiger partial charge is 0.321 e. The number of ether oxygens (including phenoxy) is 2. The van der Waals surface area contributed by atoms with Gasteiger partial charge in [-0.1, -0.05) is 30.3 Å². The van der Waals surface area contributed by atoms with Crippen molar-refractivity contribution in [3.8, 4) is 11.5 Å².